The molecule has 0 radical (unpaired) electrons. The minimum Gasteiger partial charge on any atom is -0.319 e. The standard InChI is InChI=1S/C9H20N2.H2/c1-4-9(6-10-3)7-11(5-2)8-9;/h10H,4-8H2,1-3H3;1H. The highest BCUT2D eigenvalue weighted by Gasteiger charge is 2.39. The van der Waals surface area contributed by atoms with Crippen molar-refractivity contribution in [3.63, 3.8) is 0 Å². The van der Waals surface area contributed by atoms with Gasteiger partial charge in [-0.3, -0.25) is 0 Å². The molecule has 0 aliphatic carbocycles. The van der Waals surface area contributed by atoms with E-state index in [0.29, 0.717) is 5.41 Å². The van der Waals surface area contributed by atoms with E-state index in [1.807, 2.05) is 7.05 Å². The Hall–Kier alpha value is -0.0800. The summed E-state index contributed by atoms with van der Waals surface area (Å²) in [6.07, 6.45) is 1.31. The lowest BCUT2D eigenvalue weighted by atomic mass is 9.77. The Labute approximate surface area is 71.4 Å². The molecular weight excluding hydrogens is 136 g/mol. The van der Waals surface area contributed by atoms with Crippen LogP contribution in [0.5, 0.6) is 0 Å². The fourth-order valence-corrected chi connectivity index (χ4v) is 1.96. The summed E-state index contributed by atoms with van der Waals surface area (Å²) < 4.78 is 0. The second kappa shape index (κ2) is 3.55. The summed E-state index contributed by atoms with van der Waals surface area (Å²) in [6, 6.07) is 0. The molecule has 11 heavy (non-hydrogen) atoms. The molecule has 1 heterocycles. The van der Waals surface area contributed by atoms with Gasteiger partial charge in [0.05, 0.1) is 0 Å². The highest BCUT2D eigenvalue weighted by atomic mass is 15.2. The van der Waals surface area contributed by atoms with Gasteiger partial charge in [-0.25, -0.2) is 0 Å². The van der Waals surface area contributed by atoms with Crippen LogP contribution in [-0.2, 0) is 0 Å². The van der Waals surface area contributed by atoms with Crippen molar-refractivity contribution in [3.05, 3.63) is 0 Å². The Morgan fingerprint density at radius 2 is 2.09 bits per heavy atom. The molecule has 0 atom stereocenters. The van der Waals surface area contributed by atoms with E-state index in [2.05, 4.69) is 24.1 Å². The van der Waals surface area contributed by atoms with Gasteiger partial charge in [-0.15, -0.1) is 0 Å². The Morgan fingerprint density at radius 3 is 2.45 bits per heavy atom. The van der Waals surface area contributed by atoms with Crippen LogP contribution in [0.4, 0.5) is 0 Å². The van der Waals surface area contributed by atoms with Gasteiger partial charge in [0.25, 0.3) is 0 Å². The third kappa shape index (κ3) is 1.74. The third-order valence-electron chi connectivity index (χ3n) is 2.87. The van der Waals surface area contributed by atoms with Gasteiger partial charge in [-0.05, 0) is 20.0 Å². The Kier molecular flexibility index (Phi) is 2.90. The Balaban J connectivity index is 0.00000121. The molecule has 0 aromatic heterocycles. The number of hydrogen-bond acceptors (Lipinski definition) is 2. The molecule has 0 saturated carbocycles. The Morgan fingerprint density at radius 1 is 1.45 bits per heavy atom. The number of likely N-dealkylation sites (tertiary alicyclic amines) is 1. The maximum atomic E-state index is 3.28. The molecule has 1 aliphatic rings. The van der Waals surface area contributed by atoms with Gasteiger partial charge < -0.3 is 10.2 Å². The fourth-order valence-electron chi connectivity index (χ4n) is 1.96. The lowest BCUT2D eigenvalue weighted by molar-refractivity contribution is 0.00368. The minimum absolute atomic E-state index is 0. The van der Waals surface area contributed by atoms with Crippen molar-refractivity contribution >= 4 is 0 Å². The van der Waals surface area contributed by atoms with Crippen LogP contribution in [0.2, 0.25) is 0 Å². The zero-order valence-corrected chi connectivity index (χ0v) is 7.98. The molecule has 1 N–H and O–H groups in total. The molecule has 0 aromatic rings. The van der Waals surface area contributed by atoms with E-state index < -0.39 is 0 Å². The number of hydrogen-bond donors (Lipinski definition) is 1. The van der Waals surface area contributed by atoms with Crippen LogP contribution in [0.1, 0.15) is 21.7 Å². The highest BCUT2D eigenvalue weighted by Crippen LogP contribution is 2.32. The van der Waals surface area contributed by atoms with Gasteiger partial charge in [0.1, 0.15) is 0 Å². The van der Waals surface area contributed by atoms with E-state index in [1.54, 1.807) is 0 Å². The fraction of sp³-hybridized carbons (Fsp3) is 1.00. The van der Waals surface area contributed by atoms with E-state index in [9.17, 15) is 0 Å². The topological polar surface area (TPSA) is 15.3 Å². The number of nitrogens with one attached hydrogen (secondary N) is 1. The van der Waals surface area contributed by atoms with Crippen LogP contribution in [0.3, 0.4) is 0 Å². The molecule has 2 heteroatoms. The van der Waals surface area contributed by atoms with Crippen molar-refractivity contribution in [1.82, 2.24) is 10.2 Å². The van der Waals surface area contributed by atoms with E-state index in [-0.39, 0.29) is 1.43 Å². The van der Waals surface area contributed by atoms with Gasteiger partial charge in [0.2, 0.25) is 0 Å². The summed E-state index contributed by atoms with van der Waals surface area (Å²) in [5.41, 5.74) is 0.602. The van der Waals surface area contributed by atoms with Crippen LogP contribution >= 0.6 is 0 Å². The van der Waals surface area contributed by atoms with E-state index >= 15 is 0 Å². The smallest absolute Gasteiger partial charge is 0.00795 e. The molecule has 1 rings (SSSR count). The largest absolute Gasteiger partial charge is 0.319 e. The zero-order valence-electron chi connectivity index (χ0n) is 7.98. The van der Waals surface area contributed by atoms with Gasteiger partial charge >= 0.3 is 0 Å². The summed E-state index contributed by atoms with van der Waals surface area (Å²) in [6.45, 7) is 9.51. The molecule has 0 amide bonds. The van der Waals surface area contributed by atoms with Gasteiger partial charge in [-0.1, -0.05) is 13.8 Å². The molecule has 0 spiro atoms. The summed E-state index contributed by atoms with van der Waals surface area (Å²) in [5, 5.41) is 3.28. The first-order valence-electron chi connectivity index (χ1n) is 4.63. The normalized spacial score (nSPS) is 23.2. The lowest BCUT2D eigenvalue weighted by Gasteiger charge is -2.49. The van der Waals surface area contributed by atoms with Gasteiger partial charge in [-0.2, -0.15) is 0 Å². The highest BCUT2D eigenvalue weighted by molar-refractivity contribution is 4.94. The van der Waals surface area contributed by atoms with E-state index in [4.69, 9.17) is 0 Å². The second-order valence-electron chi connectivity index (χ2n) is 3.69. The molecule has 1 fully saturated rings. The van der Waals surface area contributed by atoms with Crippen molar-refractivity contribution in [3.8, 4) is 0 Å². The Bertz CT molecular complexity index is 122. The molecule has 2 nitrogen and oxygen atoms in total. The predicted molar refractivity (Wildman–Crippen MR) is 50.9 cm³/mol. The average molecular weight is 158 g/mol. The van der Waals surface area contributed by atoms with Gasteiger partial charge in [0.15, 0.2) is 0 Å². The molecule has 1 aliphatic heterocycles. The van der Waals surface area contributed by atoms with Gasteiger partial charge in [0, 0.05) is 26.5 Å². The monoisotopic (exact) mass is 158 g/mol. The van der Waals surface area contributed by atoms with E-state index in [0.717, 1.165) is 0 Å². The molecule has 0 bridgehead atoms. The second-order valence-corrected chi connectivity index (χ2v) is 3.69. The van der Waals surface area contributed by atoms with Crippen LogP contribution in [-0.4, -0.2) is 38.1 Å². The summed E-state index contributed by atoms with van der Waals surface area (Å²) in [5.74, 6) is 0. The maximum Gasteiger partial charge on any atom is 0.00795 e. The minimum atomic E-state index is 0. The van der Waals surface area contributed by atoms with Crippen molar-refractivity contribution in [2.24, 2.45) is 5.41 Å². The molecule has 0 aromatic carbocycles. The first-order valence-corrected chi connectivity index (χ1v) is 4.63. The predicted octanol–water partition coefficient (Wildman–Crippen LogP) is 1.18. The first kappa shape index (κ1) is 9.01. The first-order chi connectivity index (χ1) is 5.26. The van der Waals surface area contributed by atoms with Crippen LogP contribution in [0.25, 0.3) is 0 Å². The summed E-state index contributed by atoms with van der Waals surface area (Å²) in [7, 11) is 2.05. The maximum absolute atomic E-state index is 3.28. The van der Waals surface area contributed by atoms with Crippen molar-refractivity contribution in [2.75, 3.05) is 33.2 Å². The van der Waals surface area contributed by atoms with Crippen LogP contribution < -0.4 is 5.32 Å². The number of rotatable bonds is 4. The molecular formula is C9H22N2. The average Bonchev–Trinajstić information content (AvgIpc) is 1.96. The van der Waals surface area contributed by atoms with Crippen LogP contribution in [0, 0.1) is 5.41 Å². The van der Waals surface area contributed by atoms with Crippen LogP contribution in [0.15, 0.2) is 0 Å². The van der Waals surface area contributed by atoms with Crippen molar-refractivity contribution in [1.29, 1.82) is 0 Å². The SMILES string of the molecule is CCN1CC(CC)(CNC)C1.[HH]. The molecule has 1 saturated heterocycles. The summed E-state index contributed by atoms with van der Waals surface area (Å²) >= 11 is 0. The lowest BCUT2D eigenvalue weighted by Crippen LogP contribution is -2.59. The number of nitrogens with zero attached hydrogens (tertiary/aromatic N) is 1. The third-order valence-corrected chi connectivity index (χ3v) is 2.87. The molecule has 0 unspecified atom stereocenters. The van der Waals surface area contributed by atoms with E-state index in [1.165, 1.54) is 32.6 Å². The zero-order chi connectivity index (χ0) is 8.32. The summed E-state index contributed by atoms with van der Waals surface area (Å²) in [4.78, 5) is 2.50. The molecule has 68 valence electrons. The quantitative estimate of drug-likeness (QED) is 0.661. The van der Waals surface area contributed by atoms with Crippen molar-refractivity contribution < 1.29 is 1.43 Å². The van der Waals surface area contributed by atoms with Crippen molar-refractivity contribution in [2.45, 2.75) is 20.3 Å².